The van der Waals surface area contributed by atoms with Crippen LogP contribution in [-0.2, 0) is 18.9 Å². The van der Waals surface area contributed by atoms with Crippen LogP contribution in [0.15, 0.2) is 0 Å². The Balaban J connectivity index is 1.41. The third-order valence-electron chi connectivity index (χ3n) is 5.54. The van der Waals surface area contributed by atoms with Gasteiger partial charge in [0.05, 0.1) is 31.3 Å². The minimum atomic E-state index is -0.0891. The molecule has 2 aliphatic rings. The van der Waals surface area contributed by atoms with Crippen LogP contribution in [0.4, 0.5) is 0 Å². The molecule has 0 saturated carbocycles. The van der Waals surface area contributed by atoms with Crippen LogP contribution in [0.5, 0.6) is 0 Å². The Morgan fingerprint density at radius 3 is 1.96 bits per heavy atom. The summed E-state index contributed by atoms with van der Waals surface area (Å²) in [6.07, 6.45) is 15.4. The predicted octanol–water partition coefficient (Wildman–Crippen LogP) is 5.39. The predicted molar refractivity (Wildman–Crippen MR) is 109 cm³/mol. The first kappa shape index (κ1) is 22.5. The minimum Gasteiger partial charge on any atom is -0.355 e. The van der Waals surface area contributed by atoms with Gasteiger partial charge in [0.1, 0.15) is 13.6 Å². The number of unbranched alkanes of at least 4 members (excludes halogenated alkanes) is 9. The lowest BCUT2D eigenvalue weighted by Gasteiger charge is -2.45. The number of hydrogen-bond donors (Lipinski definition) is 0. The lowest BCUT2D eigenvalue weighted by Crippen LogP contribution is -2.54. The molecular formula is C21H40O4S. The molecule has 26 heavy (non-hydrogen) atoms. The SMILES string of the molecule is CCCCCCCCCCCCSCCC1OCOCC12COCOC2. The molecule has 5 heteroatoms. The van der Waals surface area contributed by atoms with Gasteiger partial charge in [-0.3, -0.25) is 0 Å². The number of rotatable bonds is 14. The largest absolute Gasteiger partial charge is 0.355 e. The van der Waals surface area contributed by atoms with Gasteiger partial charge in [-0.05, 0) is 24.3 Å². The smallest absolute Gasteiger partial charge is 0.147 e. The van der Waals surface area contributed by atoms with Crippen molar-refractivity contribution in [1.29, 1.82) is 0 Å². The molecule has 0 amide bonds. The van der Waals surface area contributed by atoms with Crippen LogP contribution >= 0.6 is 11.8 Å². The molecule has 0 aromatic carbocycles. The standard InChI is InChI=1S/C21H40O4S/c1-2-3-4-5-6-7-8-9-10-11-13-26-14-12-20-21(17-24-19-25-20)15-22-18-23-16-21/h20H,2-19H2,1H3. The molecule has 0 N–H and O–H groups in total. The summed E-state index contributed by atoms with van der Waals surface area (Å²) >= 11 is 2.07. The molecule has 0 aromatic rings. The average molecular weight is 389 g/mol. The molecule has 1 unspecified atom stereocenters. The first-order valence-electron chi connectivity index (χ1n) is 10.8. The van der Waals surface area contributed by atoms with E-state index in [1.165, 1.54) is 70.0 Å². The molecule has 0 aromatic heterocycles. The van der Waals surface area contributed by atoms with Crippen molar-refractivity contribution in [3.63, 3.8) is 0 Å². The summed E-state index contributed by atoms with van der Waals surface area (Å²) in [5, 5.41) is 0. The second-order valence-electron chi connectivity index (χ2n) is 7.88. The molecule has 4 nitrogen and oxygen atoms in total. The van der Waals surface area contributed by atoms with E-state index < -0.39 is 0 Å². The van der Waals surface area contributed by atoms with Gasteiger partial charge in [-0.2, -0.15) is 11.8 Å². The lowest BCUT2D eigenvalue weighted by molar-refractivity contribution is -0.276. The second-order valence-corrected chi connectivity index (χ2v) is 9.11. The fourth-order valence-electron chi connectivity index (χ4n) is 3.88. The topological polar surface area (TPSA) is 36.9 Å². The summed E-state index contributed by atoms with van der Waals surface area (Å²) in [4.78, 5) is 0. The summed E-state index contributed by atoms with van der Waals surface area (Å²) in [6.45, 7) is 5.19. The Labute approximate surface area is 165 Å². The van der Waals surface area contributed by atoms with Crippen molar-refractivity contribution in [2.75, 3.05) is 44.9 Å². The number of ether oxygens (including phenoxy) is 4. The van der Waals surface area contributed by atoms with E-state index in [0.29, 0.717) is 33.4 Å². The van der Waals surface area contributed by atoms with Gasteiger partial charge in [0.2, 0.25) is 0 Å². The first-order valence-corrected chi connectivity index (χ1v) is 12.0. The van der Waals surface area contributed by atoms with Crippen LogP contribution in [0, 0.1) is 5.41 Å². The maximum absolute atomic E-state index is 5.88. The summed E-state index contributed by atoms with van der Waals surface area (Å²) in [6, 6.07) is 0. The Kier molecular flexibility index (Phi) is 12.3. The Hall–Kier alpha value is 0.190. The van der Waals surface area contributed by atoms with Crippen molar-refractivity contribution in [3.8, 4) is 0 Å². The van der Waals surface area contributed by atoms with Crippen molar-refractivity contribution >= 4 is 11.8 Å². The maximum Gasteiger partial charge on any atom is 0.147 e. The van der Waals surface area contributed by atoms with Gasteiger partial charge in [-0.25, -0.2) is 0 Å². The monoisotopic (exact) mass is 388 g/mol. The van der Waals surface area contributed by atoms with E-state index in [0.717, 1.165) is 12.2 Å². The molecule has 2 fully saturated rings. The highest BCUT2D eigenvalue weighted by Crippen LogP contribution is 2.34. The summed E-state index contributed by atoms with van der Waals surface area (Å²) in [7, 11) is 0. The lowest BCUT2D eigenvalue weighted by atomic mass is 9.82. The number of thioether (sulfide) groups is 1. The fraction of sp³-hybridized carbons (Fsp3) is 1.00. The van der Waals surface area contributed by atoms with Crippen LogP contribution in [-0.4, -0.2) is 51.0 Å². The molecule has 2 aliphatic heterocycles. The van der Waals surface area contributed by atoms with E-state index in [1.807, 2.05) is 0 Å². The van der Waals surface area contributed by atoms with E-state index in [-0.39, 0.29) is 11.5 Å². The van der Waals surface area contributed by atoms with Gasteiger partial charge in [0.25, 0.3) is 0 Å². The summed E-state index contributed by atoms with van der Waals surface area (Å²) < 4.78 is 22.5. The van der Waals surface area contributed by atoms with Gasteiger partial charge in [0, 0.05) is 0 Å². The highest BCUT2D eigenvalue weighted by atomic mass is 32.2. The second kappa shape index (κ2) is 14.2. The zero-order valence-corrected chi connectivity index (χ0v) is 17.7. The zero-order chi connectivity index (χ0) is 18.3. The van der Waals surface area contributed by atoms with Gasteiger partial charge in [0.15, 0.2) is 0 Å². The van der Waals surface area contributed by atoms with Crippen LogP contribution < -0.4 is 0 Å². The van der Waals surface area contributed by atoms with Crippen LogP contribution in [0.2, 0.25) is 0 Å². The van der Waals surface area contributed by atoms with E-state index in [4.69, 9.17) is 18.9 Å². The third-order valence-corrected chi connectivity index (χ3v) is 6.64. The molecule has 0 radical (unpaired) electrons. The summed E-state index contributed by atoms with van der Waals surface area (Å²) in [5.74, 6) is 2.43. The fourth-order valence-corrected chi connectivity index (χ4v) is 4.87. The molecule has 1 atom stereocenters. The summed E-state index contributed by atoms with van der Waals surface area (Å²) in [5.41, 5.74) is -0.0891. The Morgan fingerprint density at radius 1 is 0.731 bits per heavy atom. The molecule has 1 spiro atoms. The van der Waals surface area contributed by atoms with E-state index in [1.54, 1.807) is 0 Å². The molecule has 2 heterocycles. The molecular weight excluding hydrogens is 348 g/mol. The van der Waals surface area contributed by atoms with Crippen molar-refractivity contribution in [1.82, 2.24) is 0 Å². The van der Waals surface area contributed by atoms with E-state index in [2.05, 4.69) is 18.7 Å². The maximum atomic E-state index is 5.88. The molecule has 0 bridgehead atoms. The van der Waals surface area contributed by atoms with Crippen molar-refractivity contribution in [2.24, 2.45) is 5.41 Å². The number of hydrogen-bond acceptors (Lipinski definition) is 5. The van der Waals surface area contributed by atoms with Gasteiger partial charge < -0.3 is 18.9 Å². The van der Waals surface area contributed by atoms with Gasteiger partial charge >= 0.3 is 0 Å². The normalized spacial score (nSPS) is 22.7. The molecule has 2 saturated heterocycles. The van der Waals surface area contributed by atoms with Gasteiger partial charge in [-0.1, -0.05) is 64.7 Å². The van der Waals surface area contributed by atoms with Crippen LogP contribution in [0.3, 0.4) is 0 Å². The molecule has 2 rings (SSSR count). The average Bonchev–Trinajstić information content (AvgIpc) is 2.67. The van der Waals surface area contributed by atoms with Crippen molar-refractivity contribution in [2.45, 2.75) is 83.7 Å². The van der Waals surface area contributed by atoms with Crippen molar-refractivity contribution in [3.05, 3.63) is 0 Å². The Morgan fingerprint density at radius 2 is 1.31 bits per heavy atom. The third kappa shape index (κ3) is 8.47. The van der Waals surface area contributed by atoms with E-state index in [9.17, 15) is 0 Å². The zero-order valence-electron chi connectivity index (χ0n) is 16.8. The van der Waals surface area contributed by atoms with Crippen molar-refractivity contribution < 1.29 is 18.9 Å². The van der Waals surface area contributed by atoms with E-state index >= 15 is 0 Å². The highest BCUT2D eigenvalue weighted by Gasteiger charge is 2.44. The van der Waals surface area contributed by atoms with Gasteiger partial charge in [-0.15, -0.1) is 0 Å². The quantitative estimate of drug-likeness (QED) is 0.373. The van der Waals surface area contributed by atoms with Crippen LogP contribution in [0.1, 0.15) is 77.6 Å². The molecule has 0 aliphatic carbocycles. The molecule has 154 valence electrons. The van der Waals surface area contributed by atoms with Crippen LogP contribution in [0.25, 0.3) is 0 Å². The first-order chi connectivity index (χ1) is 12.9. The minimum absolute atomic E-state index is 0.0891. The Bertz CT molecular complexity index is 326. The highest BCUT2D eigenvalue weighted by molar-refractivity contribution is 7.99.